The third-order valence-electron chi connectivity index (χ3n) is 2.75. The Balaban J connectivity index is 1.97. The van der Waals surface area contributed by atoms with Gasteiger partial charge in [-0.3, -0.25) is 9.59 Å². The number of benzene rings is 1. The molecule has 1 fully saturated rings. The first kappa shape index (κ1) is 12.9. The maximum Gasteiger partial charge on any atom is 0.229 e. The molecule has 6 nitrogen and oxygen atoms in total. The number of nitrogens with zero attached hydrogens (tertiary/aromatic N) is 1. The fourth-order valence-corrected chi connectivity index (χ4v) is 1.81. The molecule has 1 saturated heterocycles. The molecule has 98 valence electrons. The molecule has 1 unspecified atom stereocenters. The van der Waals surface area contributed by atoms with Crippen LogP contribution in [0.5, 0.6) is 5.75 Å². The van der Waals surface area contributed by atoms with Crippen molar-refractivity contribution >= 4 is 17.5 Å². The van der Waals surface area contributed by atoms with E-state index in [9.17, 15) is 9.59 Å². The first-order chi connectivity index (χ1) is 9.19. The van der Waals surface area contributed by atoms with E-state index in [-0.39, 0.29) is 30.8 Å². The van der Waals surface area contributed by atoms with Crippen molar-refractivity contribution < 1.29 is 14.3 Å². The number of anilines is 1. The van der Waals surface area contributed by atoms with Crippen molar-refractivity contribution in [1.82, 2.24) is 5.32 Å². The van der Waals surface area contributed by atoms with E-state index in [1.807, 2.05) is 6.07 Å². The first-order valence-electron chi connectivity index (χ1n) is 5.86. The van der Waals surface area contributed by atoms with Gasteiger partial charge in [-0.2, -0.15) is 5.26 Å². The highest BCUT2D eigenvalue weighted by molar-refractivity contribution is 5.97. The van der Waals surface area contributed by atoms with Crippen LogP contribution < -0.4 is 15.4 Å². The highest BCUT2D eigenvalue weighted by Gasteiger charge is 2.27. The average molecular weight is 259 g/mol. The molecule has 2 rings (SSSR count). The van der Waals surface area contributed by atoms with E-state index in [0.717, 1.165) is 0 Å². The number of nitriles is 1. The Morgan fingerprint density at radius 2 is 2.42 bits per heavy atom. The van der Waals surface area contributed by atoms with Crippen molar-refractivity contribution in [2.75, 3.05) is 18.5 Å². The predicted octanol–water partition coefficient (Wildman–Crippen LogP) is 0.664. The number of nitrogens with one attached hydrogen (secondary N) is 2. The fourth-order valence-electron chi connectivity index (χ4n) is 1.81. The minimum Gasteiger partial charge on any atom is -0.479 e. The van der Waals surface area contributed by atoms with Crippen LogP contribution in [0.25, 0.3) is 0 Å². The summed E-state index contributed by atoms with van der Waals surface area (Å²) in [6.07, 6.45) is 0.219. The molecular weight excluding hydrogens is 246 g/mol. The summed E-state index contributed by atoms with van der Waals surface area (Å²) in [6.45, 7) is 0.327. The van der Waals surface area contributed by atoms with Crippen LogP contribution in [0.15, 0.2) is 24.3 Å². The second-order valence-corrected chi connectivity index (χ2v) is 4.17. The van der Waals surface area contributed by atoms with E-state index in [1.54, 1.807) is 24.3 Å². The van der Waals surface area contributed by atoms with Gasteiger partial charge in [0, 0.05) is 24.7 Å². The summed E-state index contributed by atoms with van der Waals surface area (Å²) in [7, 11) is 0. The van der Waals surface area contributed by atoms with Crippen molar-refractivity contribution in [1.29, 1.82) is 5.26 Å². The number of hydrogen-bond acceptors (Lipinski definition) is 4. The number of hydrogen-bond donors (Lipinski definition) is 2. The Bertz CT molecular complexity index is 536. The number of amides is 2. The molecule has 6 heteroatoms. The maximum atomic E-state index is 11.9. The van der Waals surface area contributed by atoms with Gasteiger partial charge in [-0.05, 0) is 12.1 Å². The monoisotopic (exact) mass is 259 g/mol. The predicted molar refractivity (Wildman–Crippen MR) is 67.3 cm³/mol. The molecule has 1 heterocycles. The number of ether oxygens (including phenoxy) is 1. The van der Waals surface area contributed by atoms with Gasteiger partial charge in [0.25, 0.3) is 0 Å². The summed E-state index contributed by atoms with van der Waals surface area (Å²) in [5, 5.41) is 13.8. The number of carbonyl (C=O) groups excluding carboxylic acids is 2. The zero-order valence-corrected chi connectivity index (χ0v) is 10.2. The molecule has 1 atom stereocenters. The summed E-state index contributed by atoms with van der Waals surface area (Å²) in [6, 6.07) is 8.66. The van der Waals surface area contributed by atoms with Gasteiger partial charge >= 0.3 is 0 Å². The molecule has 2 N–H and O–H groups in total. The Hall–Kier alpha value is -2.55. The van der Waals surface area contributed by atoms with E-state index in [2.05, 4.69) is 10.6 Å². The van der Waals surface area contributed by atoms with Crippen LogP contribution in [0.2, 0.25) is 0 Å². The SMILES string of the molecule is N#CCOc1cccc(NC(=O)C2CNC(=O)C2)c1. The van der Waals surface area contributed by atoms with Crippen LogP contribution in [-0.2, 0) is 9.59 Å². The lowest BCUT2D eigenvalue weighted by Gasteiger charge is -2.10. The summed E-state index contributed by atoms with van der Waals surface area (Å²) >= 11 is 0. The molecular formula is C13H13N3O3. The van der Waals surface area contributed by atoms with Crippen LogP contribution >= 0.6 is 0 Å². The van der Waals surface area contributed by atoms with E-state index in [4.69, 9.17) is 10.00 Å². The fraction of sp³-hybridized carbons (Fsp3) is 0.308. The summed E-state index contributed by atoms with van der Waals surface area (Å²) in [5.41, 5.74) is 0.583. The van der Waals surface area contributed by atoms with Gasteiger partial charge in [0.05, 0.1) is 5.92 Å². The topological polar surface area (TPSA) is 91.2 Å². The van der Waals surface area contributed by atoms with Crippen LogP contribution in [-0.4, -0.2) is 25.0 Å². The van der Waals surface area contributed by atoms with Crippen molar-refractivity contribution in [3.8, 4) is 11.8 Å². The standard InChI is InChI=1S/C13H13N3O3/c14-4-5-19-11-3-1-2-10(7-11)16-13(18)9-6-12(17)15-8-9/h1-3,7,9H,5-6,8H2,(H,15,17)(H,16,18). The second kappa shape index (κ2) is 5.87. The Kier molecular flexibility index (Phi) is 3.98. The Morgan fingerprint density at radius 3 is 3.11 bits per heavy atom. The average Bonchev–Trinajstić information content (AvgIpc) is 2.83. The van der Waals surface area contributed by atoms with Gasteiger partial charge < -0.3 is 15.4 Å². The quantitative estimate of drug-likeness (QED) is 0.831. The number of rotatable bonds is 4. The molecule has 0 spiro atoms. The van der Waals surface area contributed by atoms with Crippen LogP contribution in [0, 0.1) is 17.2 Å². The molecule has 0 aliphatic carbocycles. The third-order valence-corrected chi connectivity index (χ3v) is 2.75. The van der Waals surface area contributed by atoms with E-state index in [0.29, 0.717) is 18.0 Å². The Labute approximate surface area is 110 Å². The number of carbonyl (C=O) groups is 2. The molecule has 1 aliphatic heterocycles. The van der Waals surface area contributed by atoms with Crippen molar-refractivity contribution in [3.05, 3.63) is 24.3 Å². The van der Waals surface area contributed by atoms with Crippen molar-refractivity contribution in [2.24, 2.45) is 5.92 Å². The minimum absolute atomic E-state index is 0.0432. The smallest absolute Gasteiger partial charge is 0.229 e. The normalized spacial score (nSPS) is 17.4. The molecule has 1 aromatic carbocycles. The lowest BCUT2D eigenvalue weighted by Crippen LogP contribution is -2.24. The second-order valence-electron chi connectivity index (χ2n) is 4.17. The highest BCUT2D eigenvalue weighted by Crippen LogP contribution is 2.19. The zero-order chi connectivity index (χ0) is 13.7. The molecule has 19 heavy (non-hydrogen) atoms. The summed E-state index contributed by atoms with van der Waals surface area (Å²) in [5.74, 6) is -0.127. The molecule has 2 amide bonds. The van der Waals surface area contributed by atoms with Gasteiger partial charge in [0.15, 0.2) is 6.61 Å². The van der Waals surface area contributed by atoms with Gasteiger partial charge in [0.2, 0.25) is 11.8 Å². The molecule has 0 saturated carbocycles. The molecule has 0 bridgehead atoms. The highest BCUT2D eigenvalue weighted by atomic mass is 16.5. The zero-order valence-electron chi connectivity index (χ0n) is 10.2. The first-order valence-corrected chi connectivity index (χ1v) is 5.86. The lowest BCUT2D eigenvalue weighted by molar-refractivity contribution is -0.123. The van der Waals surface area contributed by atoms with Gasteiger partial charge in [0.1, 0.15) is 11.8 Å². The third kappa shape index (κ3) is 3.45. The summed E-state index contributed by atoms with van der Waals surface area (Å²) in [4.78, 5) is 22.9. The van der Waals surface area contributed by atoms with E-state index < -0.39 is 0 Å². The van der Waals surface area contributed by atoms with E-state index in [1.165, 1.54) is 0 Å². The van der Waals surface area contributed by atoms with Gasteiger partial charge in [-0.15, -0.1) is 0 Å². The summed E-state index contributed by atoms with van der Waals surface area (Å²) < 4.78 is 5.14. The van der Waals surface area contributed by atoms with Crippen LogP contribution in [0.3, 0.4) is 0 Å². The van der Waals surface area contributed by atoms with Crippen LogP contribution in [0.1, 0.15) is 6.42 Å². The lowest BCUT2D eigenvalue weighted by atomic mass is 10.1. The maximum absolute atomic E-state index is 11.9. The van der Waals surface area contributed by atoms with Crippen LogP contribution in [0.4, 0.5) is 5.69 Å². The largest absolute Gasteiger partial charge is 0.479 e. The Morgan fingerprint density at radius 1 is 1.58 bits per heavy atom. The van der Waals surface area contributed by atoms with Gasteiger partial charge in [-0.25, -0.2) is 0 Å². The van der Waals surface area contributed by atoms with Crippen molar-refractivity contribution in [3.63, 3.8) is 0 Å². The van der Waals surface area contributed by atoms with E-state index >= 15 is 0 Å². The minimum atomic E-state index is -0.337. The molecule has 0 radical (unpaired) electrons. The molecule has 1 aliphatic rings. The van der Waals surface area contributed by atoms with Gasteiger partial charge in [-0.1, -0.05) is 6.07 Å². The molecule has 1 aromatic rings. The van der Waals surface area contributed by atoms with Crippen molar-refractivity contribution in [2.45, 2.75) is 6.42 Å². The molecule has 0 aromatic heterocycles.